The molecule has 0 spiro atoms. The van der Waals surface area contributed by atoms with Crippen LogP contribution in [0.2, 0.25) is 0 Å². The van der Waals surface area contributed by atoms with Gasteiger partial charge in [0.1, 0.15) is 0 Å². The number of rotatable bonds is 6. The van der Waals surface area contributed by atoms with Crippen molar-refractivity contribution < 1.29 is 13.2 Å². The van der Waals surface area contributed by atoms with Crippen LogP contribution in [0, 0.1) is 0 Å². The van der Waals surface area contributed by atoms with Gasteiger partial charge in [0.25, 0.3) is 5.91 Å². The van der Waals surface area contributed by atoms with Crippen LogP contribution in [-0.2, 0) is 15.8 Å². The highest BCUT2D eigenvalue weighted by molar-refractivity contribution is 7.88. The Morgan fingerprint density at radius 2 is 1.83 bits per heavy atom. The predicted octanol–water partition coefficient (Wildman–Crippen LogP) is 4.36. The second-order valence-corrected chi connectivity index (χ2v) is 11.1. The lowest BCUT2D eigenvalue weighted by Crippen LogP contribution is -2.31. The van der Waals surface area contributed by atoms with Gasteiger partial charge in [-0.3, -0.25) is 4.79 Å². The number of thiophene rings is 1. The molecule has 3 aromatic rings. The third-order valence-corrected chi connectivity index (χ3v) is 8.41. The van der Waals surface area contributed by atoms with Gasteiger partial charge in [-0.25, -0.2) is 12.7 Å². The highest BCUT2D eigenvalue weighted by Gasteiger charge is 2.35. The SMILES string of the molecule is CC(C)NC(=O)c1sc2ccccc2c1[C@@H]1CCN(S(=O)(=O)Cc2ccccc2)C1. The van der Waals surface area contributed by atoms with Gasteiger partial charge in [0.2, 0.25) is 10.0 Å². The average molecular weight is 443 g/mol. The van der Waals surface area contributed by atoms with Gasteiger partial charge in [0, 0.05) is 29.7 Å². The molecule has 4 rings (SSSR count). The molecule has 1 fully saturated rings. The van der Waals surface area contributed by atoms with E-state index in [2.05, 4.69) is 5.32 Å². The molecular weight excluding hydrogens is 416 g/mol. The first-order valence-electron chi connectivity index (χ1n) is 10.2. The fourth-order valence-electron chi connectivity index (χ4n) is 4.06. The molecule has 7 heteroatoms. The number of nitrogens with one attached hydrogen (secondary N) is 1. The molecule has 1 amide bonds. The van der Waals surface area contributed by atoms with Gasteiger partial charge >= 0.3 is 0 Å². The van der Waals surface area contributed by atoms with E-state index in [4.69, 9.17) is 0 Å². The summed E-state index contributed by atoms with van der Waals surface area (Å²) < 4.78 is 28.6. The fraction of sp³-hybridized carbons (Fsp3) is 0.348. The Bertz CT molecular complexity index is 1150. The molecule has 1 aromatic heterocycles. The second kappa shape index (κ2) is 8.49. The van der Waals surface area contributed by atoms with Crippen LogP contribution in [0.3, 0.4) is 0 Å². The monoisotopic (exact) mass is 442 g/mol. The molecule has 0 unspecified atom stereocenters. The molecule has 1 N–H and O–H groups in total. The molecular formula is C23H26N2O3S2. The maximum atomic E-state index is 13.0. The van der Waals surface area contributed by atoms with E-state index in [-0.39, 0.29) is 23.6 Å². The number of hydrogen-bond acceptors (Lipinski definition) is 4. The predicted molar refractivity (Wildman–Crippen MR) is 122 cm³/mol. The van der Waals surface area contributed by atoms with Crippen molar-refractivity contribution in [2.45, 2.75) is 38.0 Å². The van der Waals surface area contributed by atoms with E-state index < -0.39 is 10.0 Å². The molecule has 0 radical (unpaired) electrons. The van der Waals surface area contributed by atoms with E-state index >= 15 is 0 Å². The van der Waals surface area contributed by atoms with E-state index in [9.17, 15) is 13.2 Å². The first kappa shape index (κ1) is 21.0. The first-order chi connectivity index (χ1) is 14.3. The van der Waals surface area contributed by atoms with Gasteiger partial charge in [-0.15, -0.1) is 11.3 Å². The zero-order valence-corrected chi connectivity index (χ0v) is 18.8. The summed E-state index contributed by atoms with van der Waals surface area (Å²) in [6.07, 6.45) is 0.719. The molecule has 0 aliphatic carbocycles. The number of sulfonamides is 1. The van der Waals surface area contributed by atoms with Crippen LogP contribution in [0.1, 0.15) is 47.0 Å². The second-order valence-electron chi connectivity index (χ2n) is 8.05. The Kier molecular flexibility index (Phi) is 5.95. The van der Waals surface area contributed by atoms with Crippen molar-refractivity contribution in [2.24, 2.45) is 0 Å². The summed E-state index contributed by atoms with van der Waals surface area (Å²) in [6.45, 7) is 4.78. The van der Waals surface area contributed by atoms with Gasteiger partial charge in [-0.2, -0.15) is 0 Å². The lowest BCUT2D eigenvalue weighted by molar-refractivity contribution is 0.0946. The van der Waals surface area contributed by atoms with Gasteiger partial charge in [0.15, 0.2) is 0 Å². The van der Waals surface area contributed by atoms with Crippen LogP contribution in [0.4, 0.5) is 0 Å². The van der Waals surface area contributed by atoms with Crippen LogP contribution >= 0.6 is 11.3 Å². The topological polar surface area (TPSA) is 66.5 Å². The molecule has 0 saturated carbocycles. The molecule has 1 saturated heterocycles. The Labute approximate surface area is 181 Å². The number of amides is 1. The summed E-state index contributed by atoms with van der Waals surface area (Å²) in [5, 5.41) is 4.06. The van der Waals surface area contributed by atoms with E-state index in [1.165, 1.54) is 11.3 Å². The van der Waals surface area contributed by atoms with Crippen molar-refractivity contribution in [3.05, 3.63) is 70.6 Å². The van der Waals surface area contributed by atoms with Crippen molar-refractivity contribution in [3.63, 3.8) is 0 Å². The van der Waals surface area contributed by atoms with Gasteiger partial charge in [-0.05, 0) is 42.8 Å². The van der Waals surface area contributed by atoms with Crippen LogP contribution in [0.5, 0.6) is 0 Å². The first-order valence-corrected chi connectivity index (χ1v) is 12.6. The molecule has 0 bridgehead atoms. The minimum absolute atomic E-state index is 0.00559. The third kappa shape index (κ3) is 4.29. The Balaban J connectivity index is 1.63. The Morgan fingerprint density at radius 3 is 2.57 bits per heavy atom. The average Bonchev–Trinajstić information content (AvgIpc) is 3.33. The molecule has 5 nitrogen and oxygen atoms in total. The summed E-state index contributed by atoms with van der Waals surface area (Å²) in [7, 11) is -3.41. The van der Waals surface area contributed by atoms with E-state index in [1.807, 2.05) is 68.4 Å². The summed E-state index contributed by atoms with van der Waals surface area (Å²) in [6, 6.07) is 17.3. The van der Waals surface area contributed by atoms with Gasteiger partial charge in [-0.1, -0.05) is 48.5 Å². The summed E-state index contributed by atoms with van der Waals surface area (Å²) in [5.74, 6) is -0.0579. The maximum Gasteiger partial charge on any atom is 0.261 e. The van der Waals surface area contributed by atoms with E-state index in [1.54, 1.807) is 4.31 Å². The number of hydrogen-bond donors (Lipinski definition) is 1. The maximum absolute atomic E-state index is 13.0. The largest absolute Gasteiger partial charge is 0.349 e. The normalized spacial score (nSPS) is 17.6. The highest BCUT2D eigenvalue weighted by atomic mass is 32.2. The fourth-order valence-corrected chi connectivity index (χ4v) is 6.84. The Hall–Kier alpha value is -2.22. The highest BCUT2D eigenvalue weighted by Crippen LogP contribution is 2.40. The number of benzene rings is 2. The number of fused-ring (bicyclic) bond motifs is 1. The minimum Gasteiger partial charge on any atom is -0.349 e. The quantitative estimate of drug-likeness (QED) is 0.617. The van der Waals surface area contributed by atoms with E-state index in [0.29, 0.717) is 18.0 Å². The zero-order valence-electron chi connectivity index (χ0n) is 17.2. The van der Waals surface area contributed by atoms with Gasteiger partial charge < -0.3 is 5.32 Å². The molecule has 2 aromatic carbocycles. The number of nitrogens with zero attached hydrogens (tertiary/aromatic N) is 1. The Morgan fingerprint density at radius 1 is 1.13 bits per heavy atom. The lowest BCUT2D eigenvalue weighted by atomic mass is 9.95. The zero-order chi connectivity index (χ0) is 21.3. The third-order valence-electron chi connectivity index (χ3n) is 5.40. The van der Waals surface area contributed by atoms with Crippen LogP contribution in [0.15, 0.2) is 54.6 Å². The minimum atomic E-state index is -3.41. The molecule has 158 valence electrons. The number of carbonyl (C=O) groups is 1. The van der Waals surface area contributed by atoms with Crippen molar-refractivity contribution in [1.29, 1.82) is 0 Å². The summed E-state index contributed by atoms with van der Waals surface area (Å²) >= 11 is 1.49. The van der Waals surface area contributed by atoms with Crippen molar-refractivity contribution in [1.82, 2.24) is 9.62 Å². The van der Waals surface area contributed by atoms with Crippen molar-refractivity contribution in [3.8, 4) is 0 Å². The standard InChI is InChI=1S/C23H26N2O3S2/c1-16(2)24-23(26)22-21(19-10-6-7-11-20(19)29-22)18-12-13-25(14-18)30(27,28)15-17-8-4-3-5-9-17/h3-11,16,18H,12-15H2,1-2H3,(H,24,26)/t18-/m1/s1. The van der Waals surface area contributed by atoms with Crippen LogP contribution < -0.4 is 5.32 Å². The number of carbonyl (C=O) groups excluding carboxylic acids is 1. The van der Waals surface area contributed by atoms with Crippen LogP contribution in [-0.4, -0.2) is 37.8 Å². The molecule has 2 heterocycles. The van der Waals surface area contributed by atoms with Gasteiger partial charge in [0.05, 0.1) is 10.6 Å². The molecule has 1 aliphatic heterocycles. The summed E-state index contributed by atoms with van der Waals surface area (Å²) in [5.41, 5.74) is 1.78. The lowest BCUT2D eigenvalue weighted by Gasteiger charge is -2.17. The van der Waals surface area contributed by atoms with Crippen molar-refractivity contribution in [2.75, 3.05) is 13.1 Å². The van der Waals surface area contributed by atoms with Crippen molar-refractivity contribution >= 4 is 37.4 Å². The summed E-state index contributed by atoms with van der Waals surface area (Å²) in [4.78, 5) is 13.6. The smallest absolute Gasteiger partial charge is 0.261 e. The molecule has 1 aliphatic rings. The molecule has 1 atom stereocenters. The molecule has 30 heavy (non-hydrogen) atoms. The van der Waals surface area contributed by atoms with Crippen LogP contribution in [0.25, 0.3) is 10.1 Å². The van der Waals surface area contributed by atoms with E-state index in [0.717, 1.165) is 27.6 Å².